The summed E-state index contributed by atoms with van der Waals surface area (Å²) in [5.74, 6) is 0.510. The second kappa shape index (κ2) is 10.4. The summed E-state index contributed by atoms with van der Waals surface area (Å²) in [6.07, 6.45) is 1.73. The van der Waals surface area contributed by atoms with Gasteiger partial charge in [0.25, 0.3) is 5.91 Å². The van der Waals surface area contributed by atoms with E-state index in [4.69, 9.17) is 0 Å². The first-order valence-electron chi connectivity index (χ1n) is 11.2. The Bertz CT molecular complexity index is 900. The third-order valence-corrected chi connectivity index (χ3v) is 6.15. The molecule has 0 aromatic heterocycles. The first-order valence-corrected chi connectivity index (χ1v) is 11.2. The third kappa shape index (κ3) is 6.56. The van der Waals surface area contributed by atoms with Crippen LogP contribution in [0.4, 0.5) is 16.2 Å². The minimum atomic E-state index is -0.168. The Kier molecular flexibility index (Phi) is 7.69. The Morgan fingerprint density at radius 3 is 2.32 bits per heavy atom. The molecule has 1 aliphatic heterocycles. The van der Waals surface area contributed by atoms with E-state index < -0.39 is 0 Å². The smallest absolute Gasteiger partial charge is 0.319 e. The number of aryl methyl sites for hydroxylation is 1. The lowest BCUT2D eigenvalue weighted by molar-refractivity contribution is -0.897. The van der Waals surface area contributed by atoms with Crippen LogP contribution in [-0.2, 0) is 4.79 Å². The number of nitrogens with one attached hydrogen (secondary N) is 4. The maximum absolute atomic E-state index is 12.5. The molecular formula is C25H35N4O2+. The number of benzene rings is 2. The minimum Gasteiger partial charge on any atom is -0.335 e. The molecule has 0 spiro atoms. The quantitative estimate of drug-likeness (QED) is 0.576. The summed E-state index contributed by atoms with van der Waals surface area (Å²) in [4.78, 5) is 26.0. The summed E-state index contributed by atoms with van der Waals surface area (Å²) in [6.45, 7) is 10.6. The zero-order valence-electron chi connectivity index (χ0n) is 19.0. The molecule has 1 heterocycles. The third-order valence-electron chi connectivity index (χ3n) is 6.15. The topological polar surface area (TPSA) is 74.7 Å². The van der Waals surface area contributed by atoms with Gasteiger partial charge in [-0.05, 0) is 54.7 Å². The van der Waals surface area contributed by atoms with Crippen LogP contribution in [0.1, 0.15) is 49.3 Å². The fourth-order valence-electron chi connectivity index (χ4n) is 3.96. The highest BCUT2D eigenvalue weighted by atomic mass is 16.2. The predicted octanol–water partition coefficient (Wildman–Crippen LogP) is 3.23. The largest absolute Gasteiger partial charge is 0.335 e. The zero-order chi connectivity index (χ0) is 22.4. The van der Waals surface area contributed by atoms with E-state index >= 15 is 0 Å². The van der Waals surface area contributed by atoms with Crippen LogP contribution in [0.5, 0.6) is 0 Å². The lowest BCUT2D eigenvalue weighted by Gasteiger charge is -2.29. The highest BCUT2D eigenvalue weighted by Gasteiger charge is 2.25. The summed E-state index contributed by atoms with van der Waals surface area (Å²) >= 11 is 0. The van der Waals surface area contributed by atoms with Gasteiger partial charge in [-0.3, -0.25) is 4.79 Å². The van der Waals surface area contributed by atoms with Crippen molar-refractivity contribution in [3.63, 3.8) is 0 Å². The normalized spacial score (nSPS) is 18.5. The van der Waals surface area contributed by atoms with E-state index in [1.807, 2.05) is 56.3 Å². The van der Waals surface area contributed by atoms with E-state index in [1.165, 1.54) is 16.0 Å². The molecule has 4 N–H and O–H groups in total. The number of hydrogen-bond donors (Lipinski definition) is 4. The van der Waals surface area contributed by atoms with Crippen LogP contribution in [0, 0.1) is 13.8 Å². The molecule has 6 heteroatoms. The molecule has 1 fully saturated rings. The lowest BCUT2D eigenvalue weighted by atomic mass is 10.0. The number of quaternary nitrogens is 1. The maximum atomic E-state index is 12.5. The van der Waals surface area contributed by atoms with Crippen LogP contribution in [0.25, 0.3) is 0 Å². The number of piperidine rings is 1. The van der Waals surface area contributed by atoms with Crippen LogP contribution >= 0.6 is 0 Å². The zero-order valence-corrected chi connectivity index (χ0v) is 19.0. The molecule has 0 aliphatic carbocycles. The van der Waals surface area contributed by atoms with Crippen molar-refractivity contribution in [1.82, 2.24) is 5.32 Å². The maximum Gasteiger partial charge on any atom is 0.319 e. The Labute approximate surface area is 185 Å². The summed E-state index contributed by atoms with van der Waals surface area (Å²) in [7, 11) is 0. The molecule has 0 unspecified atom stereocenters. The number of amides is 3. The Balaban J connectivity index is 1.40. The number of carbonyl (C=O) groups is 2. The molecule has 2 aromatic carbocycles. The Morgan fingerprint density at radius 1 is 1.00 bits per heavy atom. The molecule has 2 aromatic rings. The number of hydrogen-bond acceptors (Lipinski definition) is 2. The number of likely N-dealkylation sites (tertiary alicyclic amines) is 1. The number of rotatable bonds is 6. The van der Waals surface area contributed by atoms with Gasteiger partial charge < -0.3 is 20.9 Å². The van der Waals surface area contributed by atoms with Crippen LogP contribution in [0.3, 0.4) is 0 Å². The van der Waals surface area contributed by atoms with Crippen molar-refractivity contribution >= 4 is 23.3 Å². The summed E-state index contributed by atoms with van der Waals surface area (Å²) < 4.78 is 0. The molecule has 1 aliphatic rings. The first kappa shape index (κ1) is 22.8. The van der Waals surface area contributed by atoms with Gasteiger partial charge in [-0.25, -0.2) is 4.79 Å². The van der Waals surface area contributed by atoms with Crippen molar-refractivity contribution in [3.05, 3.63) is 59.2 Å². The van der Waals surface area contributed by atoms with Crippen LogP contribution in [-0.4, -0.2) is 37.6 Å². The predicted molar refractivity (Wildman–Crippen MR) is 126 cm³/mol. The van der Waals surface area contributed by atoms with Gasteiger partial charge >= 0.3 is 6.03 Å². The summed E-state index contributed by atoms with van der Waals surface area (Å²) in [5, 5.41) is 9.02. The molecule has 166 valence electrons. The van der Waals surface area contributed by atoms with Crippen molar-refractivity contribution < 1.29 is 14.5 Å². The number of anilines is 2. The van der Waals surface area contributed by atoms with Gasteiger partial charge in [-0.15, -0.1) is 0 Å². The van der Waals surface area contributed by atoms with Crippen LogP contribution in [0.15, 0.2) is 42.5 Å². The van der Waals surface area contributed by atoms with E-state index in [-0.39, 0.29) is 18.0 Å². The van der Waals surface area contributed by atoms with Gasteiger partial charge in [0.2, 0.25) is 0 Å². The summed E-state index contributed by atoms with van der Waals surface area (Å²) in [6, 6.07) is 13.9. The minimum absolute atomic E-state index is 0.0395. The first-order chi connectivity index (χ1) is 14.8. The van der Waals surface area contributed by atoms with Crippen LogP contribution in [0.2, 0.25) is 0 Å². The van der Waals surface area contributed by atoms with E-state index in [1.54, 1.807) is 0 Å². The average Bonchev–Trinajstić information content (AvgIpc) is 2.73. The van der Waals surface area contributed by atoms with E-state index in [0.29, 0.717) is 12.5 Å². The number of urea groups is 1. The highest BCUT2D eigenvalue weighted by molar-refractivity contribution is 5.92. The molecule has 0 radical (unpaired) electrons. The molecule has 0 atom stereocenters. The second-order valence-corrected chi connectivity index (χ2v) is 8.87. The SMILES string of the molecule is Cc1cccc(NC(=O)C[NH+]2CCC(NC(=O)Nc3ccc(C(C)C)cc3)CC2)c1C. The van der Waals surface area contributed by atoms with Gasteiger partial charge in [-0.1, -0.05) is 38.1 Å². The van der Waals surface area contributed by atoms with Gasteiger partial charge in [0, 0.05) is 30.3 Å². The van der Waals surface area contributed by atoms with Gasteiger partial charge in [0.1, 0.15) is 0 Å². The Hall–Kier alpha value is -2.86. The highest BCUT2D eigenvalue weighted by Crippen LogP contribution is 2.18. The molecular weight excluding hydrogens is 388 g/mol. The summed E-state index contributed by atoms with van der Waals surface area (Å²) in [5.41, 5.74) is 5.22. The number of carbonyl (C=O) groups excluding carboxylic acids is 2. The second-order valence-electron chi connectivity index (χ2n) is 8.87. The molecule has 0 saturated carbocycles. The van der Waals surface area contributed by atoms with Gasteiger partial charge in [0.15, 0.2) is 6.54 Å². The van der Waals surface area contributed by atoms with Crippen molar-refractivity contribution in [2.75, 3.05) is 30.3 Å². The van der Waals surface area contributed by atoms with E-state index in [0.717, 1.165) is 42.9 Å². The average molecular weight is 424 g/mol. The molecule has 6 nitrogen and oxygen atoms in total. The molecule has 0 bridgehead atoms. The molecule has 3 rings (SSSR count). The monoisotopic (exact) mass is 423 g/mol. The fraction of sp³-hybridized carbons (Fsp3) is 0.440. The molecule has 31 heavy (non-hydrogen) atoms. The molecule has 1 saturated heterocycles. The van der Waals surface area contributed by atoms with E-state index in [9.17, 15) is 9.59 Å². The molecule has 3 amide bonds. The standard InChI is InChI=1S/C25H34N4O2/c1-17(2)20-8-10-21(11-9-20)26-25(31)27-22-12-14-29(15-13-22)16-24(30)28-23-7-5-6-18(3)19(23)4/h5-11,17,22H,12-16H2,1-4H3,(H,28,30)(H2,26,27,31)/p+1. The van der Waals surface area contributed by atoms with E-state index in [2.05, 4.69) is 29.8 Å². The van der Waals surface area contributed by atoms with Crippen LogP contribution < -0.4 is 20.9 Å². The fourth-order valence-corrected chi connectivity index (χ4v) is 3.96. The van der Waals surface area contributed by atoms with Crippen molar-refractivity contribution in [3.8, 4) is 0 Å². The van der Waals surface area contributed by atoms with Crippen molar-refractivity contribution in [1.29, 1.82) is 0 Å². The van der Waals surface area contributed by atoms with Gasteiger partial charge in [-0.2, -0.15) is 0 Å². The lowest BCUT2D eigenvalue weighted by Crippen LogP contribution is -3.14. The Morgan fingerprint density at radius 2 is 1.68 bits per heavy atom. The van der Waals surface area contributed by atoms with Gasteiger partial charge in [0.05, 0.1) is 13.1 Å². The van der Waals surface area contributed by atoms with Crippen molar-refractivity contribution in [2.45, 2.75) is 52.5 Å². The van der Waals surface area contributed by atoms with Crippen molar-refractivity contribution in [2.24, 2.45) is 0 Å².